The number of halogens is 1. The number of allylic oxidation sites excluding steroid dienone is 1. The Bertz CT molecular complexity index is 864. The zero-order valence-corrected chi connectivity index (χ0v) is 18.9. The van der Waals surface area contributed by atoms with Crippen molar-refractivity contribution in [2.75, 3.05) is 26.3 Å². The lowest BCUT2D eigenvalue weighted by molar-refractivity contribution is 0.0544. The van der Waals surface area contributed by atoms with Crippen LogP contribution in [0.2, 0.25) is 5.02 Å². The molecule has 6 heteroatoms. The van der Waals surface area contributed by atoms with E-state index in [-0.39, 0.29) is 5.91 Å². The molecule has 1 N–H and O–H groups in total. The zero-order valence-electron chi connectivity index (χ0n) is 18.1. The first-order chi connectivity index (χ1) is 15.0. The minimum absolute atomic E-state index is 0.0134. The fourth-order valence-electron chi connectivity index (χ4n) is 3.74. The molecule has 5 nitrogen and oxygen atoms in total. The van der Waals surface area contributed by atoms with Gasteiger partial charge in [-0.2, -0.15) is 0 Å². The molecule has 1 amide bonds. The van der Waals surface area contributed by atoms with Crippen molar-refractivity contribution in [1.82, 2.24) is 10.4 Å². The van der Waals surface area contributed by atoms with E-state index in [0.717, 1.165) is 38.0 Å². The third-order valence-electron chi connectivity index (χ3n) is 5.29. The SMILES string of the molecule is C=C(C)NOCCCOc1cc(Cl)cc(C(=O)N2CCC(Cc3ccccc3)CC2)c1. The summed E-state index contributed by atoms with van der Waals surface area (Å²) in [6.07, 6.45) is 3.81. The van der Waals surface area contributed by atoms with Crippen LogP contribution in [0, 0.1) is 5.92 Å². The lowest BCUT2D eigenvalue weighted by Gasteiger charge is -2.32. The molecule has 1 aliphatic rings. The van der Waals surface area contributed by atoms with Crippen molar-refractivity contribution in [1.29, 1.82) is 0 Å². The number of hydroxylamine groups is 1. The Morgan fingerprint density at radius 3 is 2.61 bits per heavy atom. The van der Waals surface area contributed by atoms with Gasteiger partial charge in [0, 0.05) is 35.8 Å². The van der Waals surface area contributed by atoms with Gasteiger partial charge in [0.15, 0.2) is 0 Å². The molecule has 2 aromatic carbocycles. The molecule has 0 saturated carbocycles. The molecule has 0 aromatic heterocycles. The Kier molecular flexibility index (Phi) is 8.80. The number of hydrogen-bond donors (Lipinski definition) is 1. The maximum Gasteiger partial charge on any atom is 0.254 e. The van der Waals surface area contributed by atoms with Gasteiger partial charge < -0.3 is 9.64 Å². The molecular weight excluding hydrogens is 412 g/mol. The summed E-state index contributed by atoms with van der Waals surface area (Å²) in [6.45, 7) is 8.03. The van der Waals surface area contributed by atoms with E-state index < -0.39 is 0 Å². The van der Waals surface area contributed by atoms with Crippen molar-refractivity contribution >= 4 is 17.5 Å². The predicted octanol–water partition coefficient (Wildman–Crippen LogP) is 5.26. The molecule has 1 fully saturated rings. The summed E-state index contributed by atoms with van der Waals surface area (Å²) in [5.41, 5.74) is 5.40. The van der Waals surface area contributed by atoms with E-state index in [1.807, 2.05) is 17.9 Å². The normalized spacial score (nSPS) is 14.3. The van der Waals surface area contributed by atoms with Crippen molar-refractivity contribution in [2.45, 2.75) is 32.6 Å². The summed E-state index contributed by atoms with van der Waals surface area (Å²) < 4.78 is 5.77. The number of amides is 1. The minimum atomic E-state index is 0.0134. The summed E-state index contributed by atoms with van der Waals surface area (Å²) in [5, 5.41) is 0.500. The smallest absolute Gasteiger partial charge is 0.254 e. The molecule has 0 atom stereocenters. The third-order valence-corrected chi connectivity index (χ3v) is 5.51. The fraction of sp³-hybridized carbons (Fsp3) is 0.400. The van der Waals surface area contributed by atoms with E-state index in [1.54, 1.807) is 18.2 Å². The van der Waals surface area contributed by atoms with Gasteiger partial charge in [-0.1, -0.05) is 48.5 Å². The summed E-state index contributed by atoms with van der Waals surface area (Å²) in [4.78, 5) is 20.2. The summed E-state index contributed by atoms with van der Waals surface area (Å²) in [5.74, 6) is 1.23. The van der Waals surface area contributed by atoms with Crippen LogP contribution in [0.15, 0.2) is 60.8 Å². The van der Waals surface area contributed by atoms with Crippen molar-refractivity contribution in [3.05, 3.63) is 77.0 Å². The number of benzene rings is 2. The Hall–Kier alpha value is -2.50. The highest BCUT2D eigenvalue weighted by atomic mass is 35.5. The number of ether oxygens (including phenoxy) is 1. The van der Waals surface area contributed by atoms with Crippen LogP contribution in [0.25, 0.3) is 0 Å². The molecule has 1 saturated heterocycles. The molecule has 166 valence electrons. The molecule has 0 unspecified atom stereocenters. The number of nitrogens with zero attached hydrogens (tertiary/aromatic N) is 1. The molecule has 31 heavy (non-hydrogen) atoms. The average molecular weight is 443 g/mol. The first-order valence-corrected chi connectivity index (χ1v) is 11.2. The highest BCUT2D eigenvalue weighted by Crippen LogP contribution is 2.26. The van der Waals surface area contributed by atoms with Crippen LogP contribution in [0.1, 0.15) is 42.1 Å². The second-order valence-electron chi connectivity index (χ2n) is 8.03. The number of hydrogen-bond acceptors (Lipinski definition) is 4. The van der Waals surface area contributed by atoms with E-state index >= 15 is 0 Å². The Balaban J connectivity index is 1.48. The van der Waals surface area contributed by atoms with Gasteiger partial charge in [-0.05, 0) is 55.9 Å². The molecular formula is C25H31ClN2O3. The topological polar surface area (TPSA) is 50.8 Å². The van der Waals surface area contributed by atoms with Crippen LogP contribution in [-0.4, -0.2) is 37.1 Å². The van der Waals surface area contributed by atoms with E-state index in [0.29, 0.717) is 41.9 Å². The van der Waals surface area contributed by atoms with Crippen molar-refractivity contribution in [2.24, 2.45) is 5.92 Å². The van der Waals surface area contributed by atoms with E-state index in [1.165, 1.54) is 5.56 Å². The number of likely N-dealkylation sites (tertiary alicyclic amines) is 1. The average Bonchev–Trinajstić information content (AvgIpc) is 2.76. The van der Waals surface area contributed by atoms with Crippen molar-refractivity contribution in [3.8, 4) is 5.75 Å². The van der Waals surface area contributed by atoms with Crippen molar-refractivity contribution < 1.29 is 14.4 Å². The monoisotopic (exact) mass is 442 g/mol. The first kappa shape index (κ1) is 23.2. The fourth-order valence-corrected chi connectivity index (χ4v) is 3.96. The zero-order chi connectivity index (χ0) is 22.1. The van der Waals surface area contributed by atoms with Crippen LogP contribution in [-0.2, 0) is 11.3 Å². The van der Waals surface area contributed by atoms with Gasteiger partial charge >= 0.3 is 0 Å². The Morgan fingerprint density at radius 1 is 1.16 bits per heavy atom. The standard InChI is InChI=1S/C25H31ClN2O3/c1-19(2)27-31-14-6-13-30-24-17-22(16-23(26)18-24)25(29)28-11-9-21(10-12-28)15-20-7-4-3-5-8-20/h3-5,7-8,16-18,21,27H,1,6,9-15H2,2H3. The molecule has 2 aromatic rings. The Labute approximate surface area is 189 Å². The third kappa shape index (κ3) is 7.60. The first-order valence-electron chi connectivity index (χ1n) is 10.8. The molecule has 0 spiro atoms. The highest BCUT2D eigenvalue weighted by Gasteiger charge is 2.24. The highest BCUT2D eigenvalue weighted by molar-refractivity contribution is 6.31. The van der Waals surface area contributed by atoms with Gasteiger partial charge in [0.2, 0.25) is 0 Å². The van der Waals surface area contributed by atoms with Gasteiger partial charge in [-0.25, -0.2) is 0 Å². The van der Waals surface area contributed by atoms with Gasteiger partial charge in [-0.15, -0.1) is 0 Å². The lowest BCUT2D eigenvalue weighted by atomic mass is 9.90. The van der Waals surface area contributed by atoms with Crippen LogP contribution in [0.4, 0.5) is 0 Å². The molecule has 3 rings (SSSR count). The summed E-state index contributed by atoms with van der Waals surface area (Å²) >= 11 is 6.25. The van der Waals surface area contributed by atoms with Crippen LogP contribution in [0.5, 0.6) is 5.75 Å². The summed E-state index contributed by atoms with van der Waals surface area (Å²) in [7, 11) is 0. The quantitative estimate of drug-likeness (QED) is 0.403. The predicted molar refractivity (Wildman–Crippen MR) is 124 cm³/mol. The van der Waals surface area contributed by atoms with Gasteiger partial charge in [-0.3, -0.25) is 15.1 Å². The maximum absolute atomic E-state index is 13.0. The number of carbonyl (C=O) groups is 1. The molecule has 0 bridgehead atoms. The lowest BCUT2D eigenvalue weighted by Crippen LogP contribution is -2.38. The molecule has 0 aliphatic carbocycles. The number of rotatable bonds is 10. The van der Waals surface area contributed by atoms with Crippen molar-refractivity contribution in [3.63, 3.8) is 0 Å². The van der Waals surface area contributed by atoms with E-state index in [2.05, 4.69) is 36.3 Å². The van der Waals surface area contributed by atoms with Gasteiger partial charge in [0.1, 0.15) is 5.75 Å². The summed E-state index contributed by atoms with van der Waals surface area (Å²) in [6, 6.07) is 15.8. The molecule has 1 heterocycles. The molecule has 0 radical (unpaired) electrons. The van der Waals surface area contributed by atoms with Gasteiger partial charge in [0.25, 0.3) is 5.91 Å². The Morgan fingerprint density at radius 2 is 1.90 bits per heavy atom. The number of nitrogens with one attached hydrogen (secondary N) is 1. The van der Waals surface area contributed by atoms with Gasteiger partial charge in [0.05, 0.1) is 13.2 Å². The second kappa shape index (κ2) is 11.8. The largest absolute Gasteiger partial charge is 0.493 e. The second-order valence-corrected chi connectivity index (χ2v) is 8.47. The van der Waals surface area contributed by atoms with Crippen LogP contribution >= 0.6 is 11.6 Å². The van der Waals surface area contributed by atoms with E-state index in [9.17, 15) is 4.79 Å². The number of piperidine rings is 1. The van der Waals surface area contributed by atoms with Crippen LogP contribution in [0.3, 0.4) is 0 Å². The van der Waals surface area contributed by atoms with Crippen LogP contribution < -0.4 is 10.2 Å². The minimum Gasteiger partial charge on any atom is -0.493 e. The van der Waals surface area contributed by atoms with E-state index in [4.69, 9.17) is 21.2 Å². The number of carbonyl (C=O) groups excluding carboxylic acids is 1. The maximum atomic E-state index is 13.0. The molecule has 1 aliphatic heterocycles.